The molecule has 22 heavy (non-hydrogen) atoms. The summed E-state index contributed by atoms with van der Waals surface area (Å²) < 4.78 is 16.1. The van der Waals surface area contributed by atoms with Crippen LogP contribution < -0.4 is 4.74 Å². The second kappa shape index (κ2) is 7.98. The molecule has 0 amide bonds. The summed E-state index contributed by atoms with van der Waals surface area (Å²) in [5.41, 5.74) is 2.48. The van der Waals surface area contributed by atoms with Gasteiger partial charge in [-0.05, 0) is 43.0 Å². The molecule has 0 fully saturated rings. The van der Waals surface area contributed by atoms with Crippen molar-refractivity contribution in [1.29, 1.82) is 5.26 Å². The molecule has 0 heterocycles. The Labute approximate surface area is 133 Å². The molecule has 0 aliphatic heterocycles. The van der Waals surface area contributed by atoms with Gasteiger partial charge in [0.15, 0.2) is 13.1 Å². The van der Waals surface area contributed by atoms with E-state index < -0.39 is 0 Å². The van der Waals surface area contributed by atoms with Crippen LogP contribution >= 0.6 is 0 Å². The van der Waals surface area contributed by atoms with Gasteiger partial charge in [-0.3, -0.25) is 0 Å². The largest absolute Gasteiger partial charge is 0.467 e. The second-order valence-electron chi connectivity index (χ2n) is 6.01. The van der Waals surface area contributed by atoms with E-state index in [0.717, 1.165) is 16.9 Å². The molecular formula is C18H25NO3. The van der Waals surface area contributed by atoms with E-state index in [1.807, 2.05) is 38.1 Å². The SMILES string of the molecule is CC=C(C#N)c1ccc(OCOC(C)OC)c(C(C)(C)C)c1. The molecule has 0 saturated heterocycles. The second-order valence-corrected chi connectivity index (χ2v) is 6.01. The zero-order valence-corrected chi connectivity index (χ0v) is 14.3. The van der Waals surface area contributed by atoms with E-state index in [0.29, 0.717) is 5.57 Å². The van der Waals surface area contributed by atoms with E-state index in [9.17, 15) is 5.26 Å². The molecular weight excluding hydrogens is 278 g/mol. The molecule has 4 nitrogen and oxygen atoms in total. The van der Waals surface area contributed by atoms with Crippen LogP contribution in [0.4, 0.5) is 0 Å². The summed E-state index contributed by atoms with van der Waals surface area (Å²) in [4.78, 5) is 0. The zero-order chi connectivity index (χ0) is 16.8. The first-order valence-corrected chi connectivity index (χ1v) is 7.32. The highest BCUT2D eigenvalue weighted by atomic mass is 16.7. The number of nitrogens with zero attached hydrogens (tertiary/aromatic N) is 1. The Hall–Kier alpha value is -1.83. The summed E-state index contributed by atoms with van der Waals surface area (Å²) in [5.74, 6) is 0.757. The lowest BCUT2D eigenvalue weighted by atomic mass is 9.84. The summed E-state index contributed by atoms with van der Waals surface area (Å²) in [6.45, 7) is 10.1. The van der Waals surface area contributed by atoms with E-state index in [2.05, 4.69) is 26.8 Å². The van der Waals surface area contributed by atoms with Crippen molar-refractivity contribution in [3.8, 4) is 11.8 Å². The van der Waals surface area contributed by atoms with Crippen molar-refractivity contribution in [2.24, 2.45) is 0 Å². The standard InChI is InChI=1S/C18H25NO3/c1-7-14(11-19)15-8-9-17(16(10-15)18(3,4)5)22-12-21-13(2)20-6/h7-10,13H,12H2,1-6H3. The molecule has 0 N–H and O–H groups in total. The van der Waals surface area contributed by atoms with Crippen molar-refractivity contribution >= 4 is 5.57 Å². The highest BCUT2D eigenvalue weighted by Crippen LogP contribution is 2.33. The molecule has 1 aromatic rings. The molecule has 0 bridgehead atoms. The van der Waals surface area contributed by atoms with Crippen LogP contribution in [0.2, 0.25) is 0 Å². The van der Waals surface area contributed by atoms with Gasteiger partial charge in [0, 0.05) is 12.7 Å². The topological polar surface area (TPSA) is 51.5 Å². The van der Waals surface area contributed by atoms with Crippen LogP contribution in [0.25, 0.3) is 5.57 Å². The van der Waals surface area contributed by atoms with Gasteiger partial charge in [0.05, 0.1) is 11.6 Å². The predicted molar refractivity (Wildman–Crippen MR) is 87.5 cm³/mol. The molecule has 1 unspecified atom stereocenters. The van der Waals surface area contributed by atoms with Gasteiger partial charge in [-0.15, -0.1) is 0 Å². The van der Waals surface area contributed by atoms with Crippen LogP contribution in [-0.2, 0) is 14.9 Å². The van der Waals surface area contributed by atoms with Gasteiger partial charge in [-0.2, -0.15) is 5.26 Å². The first-order chi connectivity index (χ1) is 10.3. The number of nitriles is 1. The smallest absolute Gasteiger partial charge is 0.191 e. The Morgan fingerprint density at radius 1 is 1.36 bits per heavy atom. The fourth-order valence-electron chi connectivity index (χ4n) is 1.97. The van der Waals surface area contributed by atoms with Crippen LogP contribution in [-0.4, -0.2) is 20.2 Å². The zero-order valence-electron chi connectivity index (χ0n) is 14.3. The number of hydrogen-bond acceptors (Lipinski definition) is 4. The normalized spacial score (nSPS) is 13.6. The van der Waals surface area contributed by atoms with Gasteiger partial charge in [-0.1, -0.05) is 26.8 Å². The number of benzene rings is 1. The Bertz CT molecular complexity index is 565. The average molecular weight is 303 g/mol. The maximum Gasteiger partial charge on any atom is 0.191 e. The molecule has 0 aromatic heterocycles. The molecule has 0 radical (unpaired) electrons. The van der Waals surface area contributed by atoms with Gasteiger partial charge in [0.1, 0.15) is 5.75 Å². The maximum atomic E-state index is 9.19. The van der Waals surface area contributed by atoms with E-state index in [1.54, 1.807) is 7.11 Å². The summed E-state index contributed by atoms with van der Waals surface area (Å²) in [6, 6.07) is 8.00. The van der Waals surface area contributed by atoms with Gasteiger partial charge >= 0.3 is 0 Å². The van der Waals surface area contributed by atoms with Crippen LogP contribution in [0.5, 0.6) is 5.75 Å². The van der Waals surface area contributed by atoms with Crippen molar-refractivity contribution in [1.82, 2.24) is 0 Å². The lowest BCUT2D eigenvalue weighted by Crippen LogP contribution is -2.18. The van der Waals surface area contributed by atoms with Gasteiger partial charge in [0.25, 0.3) is 0 Å². The number of ether oxygens (including phenoxy) is 3. The van der Waals surface area contributed by atoms with Crippen molar-refractivity contribution in [3.05, 3.63) is 35.4 Å². The van der Waals surface area contributed by atoms with E-state index >= 15 is 0 Å². The lowest BCUT2D eigenvalue weighted by Gasteiger charge is -2.24. The third-order valence-electron chi connectivity index (χ3n) is 3.36. The third kappa shape index (κ3) is 4.87. The fourth-order valence-corrected chi connectivity index (χ4v) is 1.97. The molecule has 0 aliphatic rings. The first kappa shape index (κ1) is 18.2. The van der Waals surface area contributed by atoms with Crippen molar-refractivity contribution < 1.29 is 14.2 Å². The minimum absolute atomic E-state index is 0.105. The molecule has 1 aromatic carbocycles. The Kier molecular flexibility index (Phi) is 6.61. The Morgan fingerprint density at radius 3 is 2.55 bits per heavy atom. The third-order valence-corrected chi connectivity index (χ3v) is 3.36. The maximum absolute atomic E-state index is 9.19. The van der Waals surface area contributed by atoms with Crippen LogP contribution in [0.3, 0.4) is 0 Å². The Balaban J connectivity index is 3.05. The molecule has 4 heteroatoms. The van der Waals surface area contributed by atoms with Crippen LogP contribution in [0.15, 0.2) is 24.3 Å². The lowest BCUT2D eigenvalue weighted by molar-refractivity contribution is -0.149. The molecule has 1 atom stereocenters. The molecule has 120 valence electrons. The minimum Gasteiger partial charge on any atom is -0.467 e. The van der Waals surface area contributed by atoms with Crippen LogP contribution in [0, 0.1) is 11.3 Å². The van der Waals surface area contributed by atoms with E-state index in [1.165, 1.54) is 0 Å². The monoisotopic (exact) mass is 303 g/mol. The molecule has 0 saturated carbocycles. The van der Waals surface area contributed by atoms with Gasteiger partial charge < -0.3 is 14.2 Å². The van der Waals surface area contributed by atoms with Crippen molar-refractivity contribution in [2.45, 2.75) is 46.3 Å². The summed E-state index contributed by atoms with van der Waals surface area (Å²) in [6.07, 6.45) is 1.50. The number of methoxy groups -OCH3 is 1. The predicted octanol–water partition coefficient (Wildman–Crippen LogP) is 4.26. The highest BCUT2D eigenvalue weighted by Gasteiger charge is 2.20. The summed E-state index contributed by atoms with van der Waals surface area (Å²) >= 11 is 0. The van der Waals surface area contributed by atoms with Crippen molar-refractivity contribution in [3.63, 3.8) is 0 Å². The number of hydrogen-bond donors (Lipinski definition) is 0. The average Bonchev–Trinajstić information content (AvgIpc) is 2.48. The van der Waals surface area contributed by atoms with Gasteiger partial charge in [-0.25, -0.2) is 0 Å². The van der Waals surface area contributed by atoms with Crippen LogP contribution in [0.1, 0.15) is 45.7 Å². The van der Waals surface area contributed by atoms with E-state index in [-0.39, 0.29) is 18.5 Å². The van der Waals surface area contributed by atoms with Gasteiger partial charge in [0.2, 0.25) is 0 Å². The highest BCUT2D eigenvalue weighted by molar-refractivity contribution is 5.77. The number of allylic oxidation sites excluding steroid dienone is 2. The Morgan fingerprint density at radius 2 is 2.05 bits per heavy atom. The summed E-state index contributed by atoms with van der Waals surface area (Å²) in [5, 5.41) is 9.19. The van der Waals surface area contributed by atoms with Crippen molar-refractivity contribution in [2.75, 3.05) is 13.9 Å². The molecule has 0 aliphatic carbocycles. The molecule has 1 rings (SSSR count). The minimum atomic E-state index is -0.314. The van der Waals surface area contributed by atoms with E-state index in [4.69, 9.17) is 14.2 Å². The summed E-state index contributed by atoms with van der Waals surface area (Å²) in [7, 11) is 1.58. The number of rotatable bonds is 6. The molecule has 0 spiro atoms. The quantitative estimate of drug-likeness (QED) is 0.582. The first-order valence-electron chi connectivity index (χ1n) is 7.32. The fraction of sp³-hybridized carbons (Fsp3) is 0.500.